The molecule has 0 heterocycles. The summed E-state index contributed by atoms with van der Waals surface area (Å²) in [6.45, 7) is 3.61. The van der Waals surface area contributed by atoms with E-state index in [-0.39, 0.29) is 23.5 Å². The van der Waals surface area contributed by atoms with Gasteiger partial charge in [-0.25, -0.2) is 4.79 Å². The Morgan fingerprint density at radius 1 is 1.47 bits per heavy atom. The second-order valence-electron chi connectivity index (χ2n) is 3.09. The summed E-state index contributed by atoms with van der Waals surface area (Å²) in [5, 5.41) is 10.9. The average Bonchev–Trinajstić information content (AvgIpc) is 2.35. The Bertz CT molecular complexity index is 450. The number of hydrogen-bond donors (Lipinski definition) is 0. The molecule has 0 atom stereocenters. The van der Waals surface area contributed by atoms with Crippen molar-refractivity contribution in [2.24, 2.45) is 0 Å². The Morgan fingerprint density at radius 3 is 2.71 bits per heavy atom. The summed E-state index contributed by atoms with van der Waals surface area (Å²) >= 11 is 0. The van der Waals surface area contributed by atoms with Gasteiger partial charge in [0, 0.05) is 5.56 Å². The van der Waals surface area contributed by atoms with Crippen LogP contribution >= 0.6 is 0 Å². The van der Waals surface area contributed by atoms with Gasteiger partial charge in [0.2, 0.25) is 0 Å². The number of carboxylic acid groups (broad SMARTS) is 1. The topological polar surface area (TPSA) is 75.7 Å². The SMILES string of the molecule is C=CCOc1ccc(C(=O)OC)cc1C(=O)[O-]. The Balaban J connectivity index is 3.12. The van der Waals surface area contributed by atoms with Gasteiger partial charge in [0.15, 0.2) is 0 Å². The summed E-state index contributed by atoms with van der Waals surface area (Å²) in [7, 11) is 1.21. The third kappa shape index (κ3) is 3.07. The van der Waals surface area contributed by atoms with E-state index in [0.717, 1.165) is 6.07 Å². The van der Waals surface area contributed by atoms with Gasteiger partial charge in [0.1, 0.15) is 12.4 Å². The van der Waals surface area contributed by atoms with E-state index in [0.29, 0.717) is 0 Å². The van der Waals surface area contributed by atoms with Crippen LogP contribution in [-0.4, -0.2) is 25.7 Å². The molecule has 0 N–H and O–H groups in total. The van der Waals surface area contributed by atoms with Crippen LogP contribution in [0.3, 0.4) is 0 Å². The van der Waals surface area contributed by atoms with Crippen molar-refractivity contribution in [3.8, 4) is 5.75 Å². The van der Waals surface area contributed by atoms with Gasteiger partial charge in [-0.3, -0.25) is 0 Å². The minimum absolute atomic E-state index is 0.123. The highest BCUT2D eigenvalue weighted by Gasteiger charge is 2.11. The number of ether oxygens (including phenoxy) is 2. The van der Waals surface area contributed by atoms with Crippen molar-refractivity contribution < 1.29 is 24.2 Å². The second kappa shape index (κ2) is 5.69. The highest BCUT2D eigenvalue weighted by molar-refractivity contribution is 5.95. The first-order chi connectivity index (χ1) is 8.10. The molecule has 1 rings (SSSR count). The zero-order valence-corrected chi connectivity index (χ0v) is 9.26. The predicted molar refractivity (Wildman–Crippen MR) is 57.8 cm³/mol. The minimum Gasteiger partial charge on any atom is -0.545 e. The molecule has 0 fully saturated rings. The molecule has 90 valence electrons. The van der Waals surface area contributed by atoms with Gasteiger partial charge >= 0.3 is 5.97 Å². The summed E-state index contributed by atoms with van der Waals surface area (Å²) in [5.41, 5.74) is -0.0765. The largest absolute Gasteiger partial charge is 0.545 e. The van der Waals surface area contributed by atoms with Gasteiger partial charge in [-0.15, -0.1) is 0 Å². The van der Waals surface area contributed by atoms with Crippen LogP contribution in [0.4, 0.5) is 0 Å². The monoisotopic (exact) mass is 235 g/mol. The minimum atomic E-state index is -1.42. The number of carbonyl (C=O) groups excluding carboxylic acids is 2. The summed E-state index contributed by atoms with van der Waals surface area (Å²) in [4.78, 5) is 22.1. The maximum atomic E-state index is 11.2. The van der Waals surface area contributed by atoms with Crippen LogP contribution in [0.25, 0.3) is 0 Å². The number of esters is 1. The van der Waals surface area contributed by atoms with Crippen molar-refractivity contribution in [2.75, 3.05) is 13.7 Å². The Morgan fingerprint density at radius 2 is 2.18 bits per heavy atom. The first-order valence-electron chi connectivity index (χ1n) is 4.77. The summed E-state index contributed by atoms with van der Waals surface area (Å²) < 4.78 is 9.61. The molecule has 0 amide bonds. The maximum Gasteiger partial charge on any atom is 0.337 e. The van der Waals surface area contributed by atoms with E-state index < -0.39 is 11.9 Å². The molecule has 0 saturated carbocycles. The lowest BCUT2D eigenvalue weighted by molar-refractivity contribution is -0.255. The van der Waals surface area contributed by atoms with Crippen LogP contribution in [0, 0.1) is 0 Å². The molecule has 0 bridgehead atoms. The van der Waals surface area contributed by atoms with Crippen molar-refractivity contribution >= 4 is 11.9 Å². The van der Waals surface area contributed by atoms with Gasteiger partial charge in [-0.2, -0.15) is 0 Å². The molecule has 0 aliphatic carbocycles. The van der Waals surface area contributed by atoms with E-state index >= 15 is 0 Å². The van der Waals surface area contributed by atoms with Gasteiger partial charge in [0.05, 0.1) is 18.6 Å². The Kier molecular flexibility index (Phi) is 4.28. The van der Waals surface area contributed by atoms with Crippen molar-refractivity contribution in [1.82, 2.24) is 0 Å². The number of benzene rings is 1. The first kappa shape index (κ1) is 12.8. The molecule has 0 unspecified atom stereocenters. The molecular formula is C12H11O5-. The van der Waals surface area contributed by atoms with Crippen LogP contribution in [0.15, 0.2) is 30.9 Å². The van der Waals surface area contributed by atoms with Gasteiger partial charge in [-0.1, -0.05) is 12.7 Å². The molecule has 17 heavy (non-hydrogen) atoms. The average molecular weight is 235 g/mol. The lowest BCUT2D eigenvalue weighted by Crippen LogP contribution is -2.23. The fourth-order valence-corrected chi connectivity index (χ4v) is 1.21. The van der Waals surface area contributed by atoms with Crippen molar-refractivity contribution in [3.05, 3.63) is 42.0 Å². The Hall–Kier alpha value is -2.30. The molecule has 5 nitrogen and oxygen atoms in total. The number of carboxylic acids is 1. The third-order valence-corrected chi connectivity index (χ3v) is 1.98. The second-order valence-corrected chi connectivity index (χ2v) is 3.09. The number of hydrogen-bond acceptors (Lipinski definition) is 5. The molecule has 0 aliphatic rings. The molecule has 5 heteroatoms. The maximum absolute atomic E-state index is 11.2. The van der Waals surface area contributed by atoms with Crippen molar-refractivity contribution in [1.29, 1.82) is 0 Å². The van der Waals surface area contributed by atoms with Crippen LogP contribution < -0.4 is 9.84 Å². The fourth-order valence-electron chi connectivity index (χ4n) is 1.21. The lowest BCUT2D eigenvalue weighted by atomic mass is 10.1. The molecular weight excluding hydrogens is 224 g/mol. The molecule has 0 aromatic heterocycles. The van der Waals surface area contributed by atoms with Crippen LogP contribution in [0.1, 0.15) is 20.7 Å². The molecule has 0 saturated heterocycles. The normalized spacial score (nSPS) is 9.47. The fraction of sp³-hybridized carbons (Fsp3) is 0.167. The molecule has 0 spiro atoms. The van der Waals surface area contributed by atoms with Gasteiger partial charge in [0.25, 0.3) is 0 Å². The van der Waals surface area contributed by atoms with E-state index in [1.165, 1.54) is 25.3 Å². The zero-order valence-electron chi connectivity index (χ0n) is 9.26. The highest BCUT2D eigenvalue weighted by atomic mass is 16.5. The van der Waals surface area contributed by atoms with Gasteiger partial charge < -0.3 is 19.4 Å². The number of carbonyl (C=O) groups is 2. The van der Waals surface area contributed by atoms with E-state index in [2.05, 4.69) is 11.3 Å². The van der Waals surface area contributed by atoms with Crippen LogP contribution in [0.5, 0.6) is 5.75 Å². The standard InChI is InChI=1S/C12H12O5/c1-3-6-17-10-5-4-8(12(15)16-2)7-9(10)11(13)14/h3-5,7H,1,6H2,2H3,(H,13,14)/p-1. The van der Waals surface area contributed by atoms with Crippen LogP contribution in [-0.2, 0) is 4.74 Å². The molecule has 0 aliphatic heterocycles. The summed E-state index contributed by atoms with van der Waals surface area (Å²) in [5.74, 6) is -1.92. The lowest BCUT2D eigenvalue weighted by Gasteiger charge is -2.12. The van der Waals surface area contributed by atoms with E-state index in [9.17, 15) is 14.7 Å². The zero-order chi connectivity index (χ0) is 12.8. The Labute approximate surface area is 98.3 Å². The number of aromatic carboxylic acids is 1. The van der Waals surface area contributed by atoms with Gasteiger partial charge in [-0.05, 0) is 18.2 Å². The third-order valence-electron chi connectivity index (χ3n) is 1.98. The molecule has 1 aromatic rings. The molecule has 0 radical (unpaired) electrons. The van der Waals surface area contributed by atoms with E-state index in [4.69, 9.17) is 4.74 Å². The smallest absolute Gasteiger partial charge is 0.337 e. The van der Waals surface area contributed by atoms with E-state index in [1.807, 2.05) is 0 Å². The summed E-state index contributed by atoms with van der Waals surface area (Å²) in [6, 6.07) is 3.94. The van der Waals surface area contributed by atoms with Crippen molar-refractivity contribution in [2.45, 2.75) is 0 Å². The quantitative estimate of drug-likeness (QED) is 0.545. The number of methoxy groups -OCH3 is 1. The summed E-state index contributed by atoms with van der Waals surface area (Å²) in [6.07, 6.45) is 1.48. The number of rotatable bonds is 5. The van der Waals surface area contributed by atoms with Crippen molar-refractivity contribution in [3.63, 3.8) is 0 Å². The first-order valence-corrected chi connectivity index (χ1v) is 4.77. The van der Waals surface area contributed by atoms with Crippen LogP contribution in [0.2, 0.25) is 0 Å². The van der Waals surface area contributed by atoms with E-state index in [1.54, 1.807) is 0 Å². The predicted octanol–water partition coefficient (Wildman–Crippen LogP) is 0.401. The highest BCUT2D eigenvalue weighted by Crippen LogP contribution is 2.20. The molecule has 1 aromatic carbocycles.